The summed E-state index contributed by atoms with van der Waals surface area (Å²) in [5.74, 6) is 0.750. The number of nitrogens with one attached hydrogen (secondary N) is 1. The number of fused-ring (bicyclic) bond motifs is 1. The van der Waals surface area contributed by atoms with Gasteiger partial charge in [-0.1, -0.05) is 35.9 Å². The average Bonchev–Trinajstić information content (AvgIpc) is 3.13. The van der Waals surface area contributed by atoms with E-state index < -0.39 is 5.60 Å². The van der Waals surface area contributed by atoms with Crippen LogP contribution in [0, 0.1) is 6.92 Å². The zero-order chi connectivity index (χ0) is 21.3. The van der Waals surface area contributed by atoms with Crippen LogP contribution in [0.3, 0.4) is 0 Å². The fourth-order valence-electron chi connectivity index (χ4n) is 3.01. The Balaban J connectivity index is 1.59. The first-order chi connectivity index (χ1) is 14.3. The van der Waals surface area contributed by atoms with Crippen LogP contribution in [0.5, 0.6) is 5.75 Å². The fraction of sp³-hybridized carbons (Fsp3) is 0.167. The van der Waals surface area contributed by atoms with Gasteiger partial charge in [0.25, 0.3) is 5.91 Å². The van der Waals surface area contributed by atoms with E-state index in [2.05, 4.69) is 10.3 Å². The lowest BCUT2D eigenvalue weighted by molar-refractivity contribution is -0.128. The topological polar surface area (TPSA) is 64.4 Å². The average molecular weight is 421 g/mol. The first kappa shape index (κ1) is 20.0. The summed E-state index contributed by atoms with van der Waals surface area (Å²) in [4.78, 5) is 17.4. The number of carbonyl (C=O) groups is 1. The summed E-state index contributed by atoms with van der Waals surface area (Å²) in [5.41, 5.74) is 2.65. The van der Waals surface area contributed by atoms with Crippen LogP contribution in [0.1, 0.15) is 19.4 Å². The third-order valence-corrected chi connectivity index (χ3v) is 5.00. The number of halogens is 1. The first-order valence-corrected chi connectivity index (χ1v) is 9.92. The number of oxazole rings is 1. The van der Waals surface area contributed by atoms with Crippen molar-refractivity contribution in [3.63, 3.8) is 0 Å². The summed E-state index contributed by atoms with van der Waals surface area (Å²) in [5, 5.41) is 3.27. The molecular weight excluding hydrogens is 400 g/mol. The molecule has 0 aliphatic carbocycles. The van der Waals surface area contributed by atoms with Crippen molar-refractivity contribution in [1.82, 2.24) is 4.98 Å². The maximum atomic E-state index is 12.9. The van der Waals surface area contributed by atoms with Gasteiger partial charge < -0.3 is 14.5 Å². The lowest BCUT2D eigenvalue weighted by Gasteiger charge is -2.25. The van der Waals surface area contributed by atoms with Crippen molar-refractivity contribution in [3.8, 4) is 17.2 Å². The van der Waals surface area contributed by atoms with E-state index in [4.69, 9.17) is 20.8 Å². The molecule has 1 heterocycles. The van der Waals surface area contributed by atoms with Gasteiger partial charge in [0.1, 0.15) is 11.3 Å². The summed E-state index contributed by atoms with van der Waals surface area (Å²) >= 11 is 6.33. The van der Waals surface area contributed by atoms with Gasteiger partial charge in [-0.05, 0) is 68.8 Å². The molecule has 0 radical (unpaired) electrons. The summed E-state index contributed by atoms with van der Waals surface area (Å²) in [6, 6.07) is 20.3. The number of benzene rings is 3. The number of nitrogens with zero attached hydrogens (tertiary/aromatic N) is 1. The first-order valence-electron chi connectivity index (χ1n) is 9.54. The summed E-state index contributed by atoms with van der Waals surface area (Å²) in [6.07, 6.45) is 0. The largest absolute Gasteiger partial charge is 0.478 e. The van der Waals surface area contributed by atoms with Crippen molar-refractivity contribution in [2.24, 2.45) is 0 Å². The molecule has 0 aliphatic heterocycles. The van der Waals surface area contributed by atoms with Gasteiger partial charge in [-0.25, -0.2) is 4.98 Å². The number of ether oxygens (including phenoxy) is 1. The van der Waals surface area contributed by atoms with E-state index in [1.165, 1.54) is 0 Å². The minimum Gasteiger partial charge on any atom is -0.478 e. The Morgan fingerprint density at radius 3 is 2.60 bits per heavy atom. The van der Waals surface area contributed by atoms with Gasteiger partial charge in [0.05, 0.1) is 10.7 Å². The predicted octanol–water partition coefficient (Wildman–Crippen LogP) is 6.25. The molecule has 0 atom stereocenters. The lowest BCUT2D eigenvalue weighted by atomic mass is 10.1. The maximum absolute atomic E-state index is 12.9. The normalized spacial score (nSPS) is 11.5. The molecule has 0 saturated carbocycles. The van der Waals surface area contributed by atoms with Gasteiger partial charge in [-0.15, -0.1) is 0 Å². The summed E-state index contributed by atoms with van der Waals surface area (Å²) in [7, 11) is 0. The van der Waals surface area contributed by atoms with Crippen molar-refractivity contribution in [3.05, 3.63) is 77.3 Å². The molecule has 30 heavy (non-hydrogen) atoms. The summed E-state index contributed by atoms with van der Waals surface area (Å²) in [6.45, 7) is 5.41. The van der Waals surface area contributed by atoms with Gasteiger partial charge in [-0.3, -0.25) is 4.79 Å². The molecule has 0 aliphatic rings. The number of hydrogen-bond donors (Lipinski definition) is 1. The third kappa shape index (κ3) is 4.16. The standard InChI is InChI=1S/C24H21ClN2O3/c1-15-9-12-19-21(13-15)29-22(26-19)16-10-11-18(25)20(14-16)27-23(28)24(2,3)30-17-7-5-4-6-8-17/h4-14H,1-3H3,(H,27,28). The Morgan fingerprint density at radius 1 is 1.07 bits per heavy atom. The number of amides is 1. The molecular formula is C24H21ClN2O3. The number of aryl methyl sites for hydroxylation is 1. The number of anilines is 1. The zero-order valence-corrected chi connectivity index (χ0v) is 17.7. The molecule has 0 spiro atoms. The van der Waals surface area contributed by atoms with Crippen LogP contribution >= 0.6 is 11.6 Å². The molecule has 4 aromatic rings. The van der Waals surface area contributed by atoms with Crippen molar-refractivity contribution in [2.45, 2.75) is 26.4 Å². The quantitative estimate of drug-likeness (QED) is 0.414. The molecule has 3 aromatic carbocycles. The van der Waals surface area contributed by atoms with Crippen LogP contribution in [0.4, 0.5) is 5.69 Å². The van der Waals surface area contributed by atoms with Crippen molar-refractivity contribution < 1.29 is 13.9 Å². The fourth-order valence-corrected chi connectivity index (χ4v) is 3.18. The highest BCUT2D eigenvalue weighted by molar-refractivity contribution is 6.34. The van der Waals surface area contributed by atoms with E-state index in [0.717, 1.165) is 11.1 Å². The summed E-state index contributed by atoms with van der Waals surface area (Å²) < 4.78 is 11.7. The number of rotatable bonds is 5. The van der Waals surface area contributed by atoms with Gasteiger partial charge in [0.2, 0.25) is 5.89 Å². The van der Waals surface area contributed by atoms with E-state index >= 15 is 0 Å². The van der Waals surface area contributed by atoms with Crippen LogP contribution < -0.4 is 10.1 Å². The van der Waals surface area contributed by atoms with Crippen molar-refractivity contribution in [1.29, 1.82) is 0 Å². The molecule has 6 heteroatoms. The smallest absolute Gasteiger partial charge is 0.268 e. The molecule has 0 bridgehead atoms. The Hall–Kier alpha value is -3.31. The van der Waals surface area contributed by atoms with Gasteiger partial charge in [0.15, 0.2) is 11.2 Å². The molecule has 1 amide bonds. The minimum absolute atomic E-state index is 0.321. The number of aromatic nitrogens is 1. The SMILES string of the molecule is Cc1ccc2nc(-c3ccc(Cl)c(NC(=O)C(C)(C)Oc4ccccc4)c3)oc2c1. The Labute approximate surface area is 179 Å². The number of carbonyl (C=O) groups excluding carboxylic acids is 1. The third-order valence-electron chi connectivity index (χ3n) is 4.67. The molecule has 5 nitrogen and oxygen atoms in total. The lowest BCUT2D eigenvalue weighted by Crippen LogP contribution is -2.42. The van der Waals surface area contributed by atoms with Crippen LogP contribution in [0.15, 0.2) is 71.1 Å². The number of para-hydroxylation sites is 1. The number of hydrogen-bond acceptors (Lipinski definition) is 4. The highest BCUT2D eigenvalue weighted by Gasteiger charge is 2.30. The molecule has 4 rings (SSSR count). The molecule has 0 fully saturated rings. The van der Waals surface area contributed by atoms with Crippen LogP contribution in [-0.2, 0) is 4.79 Å². The van der Waals surface area contributed by atoms with Crippen LogP contribution in [0.2, 0.25) is 5.02 Å². The minimum atomic E-state index is -1.10. The van der Waals surface area contributed by atoms with E-state index in [1.807, 2.05) is 43.3 Å². The monoisotopic (exact) mass is 420 g/mol. The maximum Gasteiger partial charge on any atom is 0.268 e. The second-order valence-electron chi connectivity index (χ2n) is 7.56. The zero-order valence-electron chi connectivity index (χ0n) is 16.9. The Bertz CT molecular complexity index is 1220. The van der Waals surface area contributed by atoms with Crippen LogP contribution in [0.25, 0.3) is 22.6 Å². The second-order valence-corrected chi connectivity index (χ2v) is 7.97. The van der Waals surface area contributed by atoms with Gasteiger partial charge in [-0.2, -0.15) is 0 Å². The van der Waals surface area contributed by atoms with E-state index in [1.54, 1.807) is 44.2 Å². The Kier molecular flexibility index (Phi) is 5.22. The second kappa shape index (κ2) is 7.84. The van der Waals surface area contributed by atoms with Crippen molar-refractivity contribution >= 4 is 34.3 Å². The van der Waals surface area contributed by atoms with Gasteiger partial charge >= 0.3 is 0 Å². The highest BCUT2D eigenvalue weighted by Crippen LogP contribution is 2.31. The van der Waals surface area contributed by atoms with Gasteiger partial charge in [0, 0.05) is 5.56 Å². The van der Waals surface area contributed by atoms with Crippen molar-refractivity contribution in [2.75, 3.05) is 5.32 Å². The molecule has 1 N–H and O–H groups in total. The van der Waals surface area contributed by atoms with E-state index in [9.17, 15) is 4.79 Å². The van der Waals surface area contributed by atoms with E-state index in [-0.39, 0.29) is 5.91 Å². The predicted molar refractivity (Wildman–Crippen MR) is 119 cm³/mol. The van der Waals surface area contributed by atoms with E-state index in [0.29, 0.717) is 33.5 Å². The Morgan fingerprint density at radius 2 is 1.83 bits per heavy atom. The van der Waals surface area contributed by atoms with Crippen LogP contribution in [-0.4, -0.2) is 16.5 Å². The highest BCUT2D eigenvalue weighted by atomic mass is 35.5. The molecule has 1 aromatic heterocycles. The molecule has 152 valence electrons. The molecule has 0 unspecified atom stereocenters. The molecule has 0 saturated heterocycles.